The molecule has 28 heavy (non-hydrogen) atoms. The van der Waals surface area contributed by atoms with Crippen LogP contribution in [-0.2, 0) is 4.79 Å². The number of piperidine rings is 1. The first kappa shape index (κ1) is 18.7. The SMILES string of the molecule is CCOc1cc(NC2CCN(C(=O)C(c3ccccc3)C3CC3)CC2)ncn1. The Morgan fingerprint density at radius 3 is 2.61 bits per heavy atom. The molecule has 1 saturated heterocycles. The first-order valence-electron chi connectivity index (χ1n) is 10.3. The molecule has 0 spiro atoms. The molecule has 2 aliphatic rings. The lowest BCUT2D eigenvalue weighted by Crippen LogP contribution is -2.44. The molecule has 2 fully saturated rings. The Morgan fingerprint density at radius 1 is 1.18 bits per heavy atom. The van der Waals surface area contributed by atoms with Gasteiger partial charge in [0.25, 0.3) is 0 Å². The zero-order chi connectivity index (χ0) is 19.3. The highest BCUT2D eigenvalue weighted by molar-refractivity contribution is 5.84. The summed E-state index contributed by atoms with van der Waals surface area (Å²) in [6, 6.07) is 12.4. The molecular formula is C22H28N4O2. The van der Waals surface area contributed by atoms with Crippen molar-refractivity contribution >= 4 is 11.7 Å². The highest BCUT2D eigenvalue weighted by Gasteiger charge is 2.39. The van der Waals surface area contributed by atoms with Crippen LogP contribution in [0, 0.1) is 5.92 Å². The van der Waals surface area contributed by atoms with Gasteiger partial charge in [0, 0.05) is 25.2 Å². The number of carbonyl (C=O) groups is 1. The Morgan fingerprint density at radius 2 is 1.93 bits per heavy atom. The third kappa shape index (κ3) is 4.43. The van der Waals surface area contributed by atoms with Crippen molar-refractivity contribution in [3.8, 4) is 5.88 Å². The van der Waals surface area contributed by atoms with E-state index in [0.29, 0.717) is 30.4 Å². The van der Waals surface area contributed by atoms with Gasteiger partial charge in [0.2, 0.25) is 11.8 Å². The number of aromatic nitrogens is 2. The van der Waals surface area contributed by atoms with E-state index in [4.69, 9.17) is 4.74 Å². The van der Waals surface area contributed by atoms with Crippen molar-refractivity contribution in [3.05, 3.63) is 48.3 Å². The number of likely N-dealkylation sites (tertiary alicyclic amines) is 1. The average Bonchev–Trinajstić information content (AvgIpc) is 3.55. The van der Waals surface area contributed by atoms with Crippen LogP contribution in [0.25, 0.3) is 0 Å². The fourth-order valence-corrected chi connectivity index (χ4v) is 4.00. The maximum absolute atomic E-state index is 13.2. The highest BCUT2D eigenvalue weighted by atomic mass is 16.5. The van der Waals surface area contributed by atoms with Gasteiger partial charge in [-0.25, -0.2) is 9.97 Å². The Balaban J connectivity index is 1.34. The molecule has 2 aromatic rings. The monoisotopic (exact) mass is 380 g/mol. The quantitative estimate of drug-likeness (QED) is 0.797. The number of nitrogens with one attached hydrogen (secondary N) is 1. The van der Waals surface area contributed by atoms with Crippen LogP contribution in [0.5, 0.6) is 5.88 Å². The topological polar surface area (TPSA) is 67.3 Å². The molecular weight excluding hydrogens is 352 g/mol. The predicted octanol–water partition coefficient (Wildman–Crippen LogP) is 3.47. The van der Waals surface area contributed by atoms with E-state index < -0.39 is 0 Å². The van der Waals surface area contributed by atoms with Crippen LogP contribution in [0.1, 0.15) is 44.1 Å². The summed E-state index contributed by atoms with van der Waals surface area (Å²) in [5.41, 5.74) is 1.17. The molecule has 6 heteroatoms. The van der Waals surface area contributed by atoms with E-state index in [1.165, 1.54) is 24.7 Å². The minimum Gasteiger partial charge on any atom is -0.478 e. The Kier molecular flexibility index (Phi) is 5.74. The third-order valence-electron chi connectivity index (χ3n) is 5.61. The van der Waals surface area contributed by atoms with Gasteiger partial charge in [-0.05, 0) is 44.1 Å². The Hall–Kier alpha value is -2.63. The first-order valence-corrected chi connectivity index (χ1v) is 10.3. The second-order valence-corrected chi connectivity index (χ2v) is 7.64. The fourth-order valence-electron chi connectivity index (χ4n) is 4.00. The number of rotatable bonds is 7. The maximum atomic E-state index is 13.2. The fraction of sp³-hybridized carbons (Fsp3) is 0.500. The number of ether oxygens (including phenoxy) is 1. The number of hydrogen-bond donors (Lipinski definition) is 1. The van der Waals surface area contributed by atoms with E-state index in [2.05, 4.69) is 32.3 Å². The summed E-state index contributed by atoms with van der Waals surface area (Å²) in [4.78, 5) is 23.7. The lowest BCUT2D eigenvalue weighted by Gasteiger charge is -2.35. The minimum atomic E-state index is 0.0290. The minimum absolute atomic E-state index is 0.0290. The summed E-state index contributed by atoms with van der Waals surface area (Å²) in [6.07, 6.45) is 5.70. The normalized spacial score (nSPS) is 18.5. The molecule has 1 unspecified atom stereocenters. The molecule has 1 amide bonds. The molecule has 0 radical (unpaired) electrons. The van der Waals surface area contributed by atoms with Crippen LogP contribution in [0.15, 0.2) is 42.7 Å². The van der Waals surface area contributed by atoms with Gasteiger partial charge in [0.15, 0.2) is 0 Å². The summed E-state index contributed by atoms with van der Waals surface area (Å²) in [7, 11) is 0. The molecule has 1 aromatic carbocycles. The molecule has 1 aliphatic heterocycles. The number of benzene rings is 1. The second kappa shape index (κ2) is 8.59. The lowest BCUT2D eigenvalue weighted by molar-refractivity contribution is -0.134. The van der Waals surface area contributed by atoms with Crippen molar-refractivity contribution in [2.45, 2.75) is 44.6 Å². The standard InChI is InChI=1S/C22H28N4O2/c1-2-28-20-14-19(23-15-24-20)25-18-10-12-26(13-11-18)22(27)21(17-8-9-17)16-6-4-3-5-7-16/h3-7,14-15,17-18,21H,2,8-13H2,1H3,(H,23,24,25). The van der Waals surface area contributed by atoms with Gasteiger partial charge in [0.1, 0.15) is 12.1 Å². The van der Waals surface area contributed by atoms with Gasteiger partial charge in [0.05, 0.1) is 12.5 Å². The van der Waals surface area contributed by atoms with Crippen molar-refractivity contribution in [2.24, 2.45) is 5.92 Å². The van der Waals surface area contributed by atoms with Crippen LogP contribution >= 0.6 is 0 Å². The molecule has 1 aromatic heterocycles. The molecule has 1 saturated carbocycles. The molecule has 148 valence electrons. The summed E-state index contributed by atoms with van der Waals surface area (Å²) in [6.45, 7) is 4.10. The van der Waals surface area contributed by atoms with E-state index >= 15 is 0 Å². The number of nitrogens with zero attached hydrogens (tertiary/aromatic N) is 3. The molecule has 2 heterocycles. The summed E-state index contributed by atoms with van der Waals surface area (Å²) >= 11 is 0. The van der Waals surface area contributed by atoms with Crippen LogP contribution in [0.4, 0.5) is 5.82 Å². The van der Waals surface area contributed by atoms with E-state index in [1.807, 2.05) is 31.2 Å². The van der Waals surface area contributed by atoms with E-state index in [-0.39, 0.29) is 5.92 Å². The summed E-state index contributed by atoms with van der Waals surface area (Å²) in [5.74, 6) is 2.21. The molecule has 1 atom stereocenters. The van der Waals surface area contributed by atoms with Crippen molar-refractivity contribution in [2.75, 3.05) is 25.0 Å². The molecule has 6 nitrogen and oxygen atoms in total. The molecule has 1 aliphatic carbocycles. The van der Waals surface area contributed by atoms with Crippen molar-refractivity contribution in [3.63, 3.8) is 0 Å². The van der Waals surface area contributed by atoms with E-state index in [0.717, 1.165) is 31.7 Å². The van der Waals surface area contributed by atoms with Crippen molar-refractivity contribution < 1.29 is 9.53 Å². The maximum Gasteiger partial charge on any atom is 0.230 e. The predicted molar refractivity (Wildman–Crippen MR) is 108 cm³/mol. The van der Waals surface area contributed by atoms with Crippen LogP contribution in [0.2, 0.25) is 0 Å². The number of carbonyl (C=O) groups excluding carboxylic acids is 1. The van der Waals surface area contributed by atoms with Gasteiger partial charge >= 0.3 is 0 Å². The number of amides is 1. The van der Waals surface area contributed by atoms with Crippen LogP contribution in [0.3, 0.4) is 0 Å². The van der Waals surface area contributed by atoms with Gasteiger partial charge in [-0.15, -0.1) is 0 Å². The Bertz CT molecular complexity index is 786. The zero-order valence-electron chi connectivity index (χ0n) is 16.4. The third-order valence-corrected chi connectivity index (χ3v) is 5.61. The van der Waals surface area contributed by atoms with E-state index in [9.17, 15) is 4.79 Å². The van der Waals surface area contributed by atoms with Crippen LogP contribution < -0.4 is 10.1 Å². The smallest absolute Gasteiger partial charge is 0.230 e. The number of hydrogen-bond acceptors (Lipinski definition) is 5. The number of anilines is 1. The molecule has 4 rings (SSSR count). The highest BCUT2D eigenvalue weighted by Crippen LogP contribution is 2.43. The summed E-state index contributed by atoms with van der Waals surface area (Å²) < 4.78 is 5.44. The van der Waals surface area contributed by atoms with Gasteiger partial charge in [-0.2, -0.15) is 0 Å². The summed E-state index contributed by atoms with van der Waals surface area (Å²) in [5, 5.41) is 3.47. The van der Waals surface area contributed by atoms with Gasteiger partial charge < -0.3 is 15.0 Å². The lowest BCUT2D eigenvalue weighted by atomic mass is 9.91. The van der Waals surface area contributed by atoms with E-state index in [1.54, 1.807) is 0 Å². The Labute approximate surface area is 166 Å². The average molecular weight is 380 g/mol. The van der Waals surface area contributed by atoms with Gasteiger partial charge in [-0.3, -0.25) is 4.79 Å². The van der Waals surface area contributed by atoms with Gasteiger partial charge in [-0.1, -0.05) is 30.3 Å². The molecule has 1 N–H and O–H groups in total. The first-order chi connectivity index (χ1) is 13.7. The second-order valence-electron chi connectivity index (χ2n) is 7.64. The molecule has 0 bridgehead atoms. The largest absolute Gasteiger partial charge is 0.478 e. The van der Waals surface area contributed by atoms with Crippen LogP contribution in [-0.4, -0.2) is 46.5 Å². The van der Waals surface area contributed by atoms with Crippen molar-refractivity contribution in [1.82, 2.24) is 14.9 Å². The van der Waals surface area contributed by atoms with Crippen molar-refractivity contribution in [1.29, 1.82) is 0 Å². The zero-order valence-corrected chi connectivity index (χ0v) is 16.4.